The molecule has 0 N–H and O–H groups in total. The first-order valence-electron chi connectivity index (χ1n) is 33.2. The number of benzene rings is 10. The molecule has 0 aliphatic carbocycles. The third kappa shape index (κ3) is 7.23. The third-order valence-corrected chi connectivity index (χ3v) is 26.8. The molecule has 10 aromatic rings. The zero-order valence-corrected chi connectivity index (χ0v) is 42.6. The van der Waals surface area contributed by atoms with Crippen LogP contribution in [-0.4, -0.2) is 24.2 Å². The molecule has 2 heterocycles. The Morgan fingerprint density at radius 1 is 0.301 bits per heavy atom. The highest BCUT2D eigenvalue weighted by Gasteiger charge is 2.49. The Morgan fingerprint density at radius 2 is 0.603 bits per heavy atom. The van der Waals surface area contributed by atoms with E-state index in [2.05, 4.69) is 0 Å². The van der Waals surface area contributed by atoms with Crippen molar-refractivity contribution in [2.75, 3.05) is 0 Å². The molecule has 10 aromatic carbocycles. The van der Waals surface area contributed by atoms with Crippen LogP contribution in [0.4, 0.5) is 0 Å². The summed E-state index contributed by atoms with van der Waals surface area (Å²) in [5.41, 5.74) is -5.53. The Balaban J connectivity index is 1.19. The van der Waals surface area contributed by atoms with E-state index in [0.717, 1.165) is 0 Å². The quantitative estimate of drug-likeness (QED) is 0.100. The van der Waals surface area contributed by atoms with Crippen molar-refractivity contribution in [1.82, 2.24) is 0 Å². The number of ether oxygens (including phenoxy) is 2. The minimum atomic E-state index is -5.39. The molecule has 0 bridgehead atoms. The van der Waals surface area contributed by atoms with Crippen molar-refractivity contribution in [3.8, 4) is 23.0 Å². The van der Waals surface area contributed by atoms with Crippen LogP contribution in [0.1, 0.15) is 74.3 Å². The van der Waals surface area contributed by atoms with Crippen LogP contribution >= 0.6 is 0 Å². The summed E-state index contributed by atoms with van der Waals surface area (Å²) < 4.78 is 184. The van der Waals surface area contributed by atoms with E-state index in [4.69, 9.17) is 9.47 Å². The van der Waals surface area contributed by atoms with Gasteiger partial charge in [-0.3, -0.25) is 0 Å². The van der Waals surface area contributed by atoms with Gasteiger partial charge in [-0.15, -0.1) is 0 Å². The van der Waals surface area contributed by atoms with Crippen LogP contribution < -0.4 is 61.3 Å². The van der Waals surface area contributed by atoms with Gasteiger partial charge in [0.15, 0.2) is 16.1 Å². The summed E-state index contributed by atoms with van der Waals surface area (Å²) in [4.78, 5) is 0. The molecule has 12 rings (SSSR count). The van der Waals surface area contributed by atoms with Gasteiger partial charge >= 0.3 is 0 Å². The van der Waals surface area contributed by atoms with Crippen LogP contribution in [-0.2, 0) is 10.8 Å². The van der Waals surface area contributed by atoms with Crippen molar-refractivity contribution < 1.29 is 34.1 Å². The van der Waals surface area contributed by atoms with Gasteiger partial charge in [-0.25, -0.2) is 0 Å². The van der Waals surface area contributed by atoms with E-state index in [1.54, 1.807) is 97.1 Å². The van der Waals surface area contributed by atoms with Crippen molar-refractivity contribution in [3.63, 3.8) is 0 Å². The number of hydrogen-bond acceptors (Lipinski definition) is 2. The molecule has 0 fully saturated rings. The first-order chi connectivity index (χ1) is 43.0. The number of rotatable bonds is 10. The Bertz CT molecular complexity index is 3970. The third-order valence-electron chi connectivity index (χ3n) is 14.9. The molecule has 73 heavy (non-hydrogen) atoms. The molecule has 2 nitrogen and oxygen atoms in total. The van der Waals surface area contributed by atoms with Crippen molar-refractivity contribution in [2.24, 2.45) is 0 Å². The molecule has 0 amide bonds. The van der Waals surface area contributed by atoms with Crippen LogP contribution in [0.15, 0.2) is 255 Å². The molecular weight excluding hydrogens is 933 g/mol. The maximum absolute atomic E-state index is 9.92. The van der Waals surface area contributed by atoms with Crippen LogP contribution in [0.2, 0.25) is 13.0 Å². The lowest BCUT2D eigenvalue weighted by Gasteiger charge is -2.41. The van der Waals surface area contributed by atoms with Gasteiger partial charge in [-0.1, -0.05) is 293 Å². The zero-order chi connectivity index (χ0) is 65.0. The first kappa shape index (κ1) is 30.5. The summed E-state index contributed by atoms with van der Waals surface area (Å²) >= 11 is 0. The van der Waals surface area contributed by atoms with Crippen molar-refractivity contribution in [1.29, 1.82) is 0 Å². The maximum Gasteiger partial charge on any atom is 0.183 e. The van der Waals surface area contributed by atoms with Gasteiger partial charge in [0, 0.05) is 57.8 Å². The SMILES string of the molecule is [2H]C([2H])([2H])C1(C([2H])([2H])[2H])c2ccccc2Oc2c1cccc2[Si](c1ccccc1)(c1ccccc1)c1cccc([Si](c2cccc([Si](c3ccccc3)(c3ccccc3)c3cccc4c3Oc3ccccc3C4(C([2H])([2H])[2H])C([2H])([2H])[2H])c2)(C([2H])([2H])[2H])C([2H])([2H])[2H])c1. The molecule has 2 aliphatic heterocycles. The molecule has 2 aliphatic rings. The van der Waals surface area contributed by atoms with Gasteiger partial charge in [0.2, 0.25) is 0 Å². The molecule has 0 spiro atoms. The molecule has 5 heteroatoms. The number of hydrogen-bond donors (Lipinski definition) is 0. The normalized spacial score (nSPS) is 19.0. The Labute approximate surface area is 460 Å². The van der Waals surface area contributed by atoms with E-state index < -0.39 is 75.4 Å². The van der Waals surface area contributed by atoms with E-state index in [1.165, 1.54) is 24.3 Å². The average Bonchev–Trinajstić information content (AvgIpc) is 0.693. The van der Waals surface area contributed by atoms with Gasteiger partial charge in [-0.2, -0.15) is 0 Å². The predicted molar refractivity (Wildman–Crippen MR) is 314 cm³/mol. The molecule has 0 atom stereocenters. The van der Waals surface area contributed by atoms with Gasteiger partial charge in [0.1, 0.15) is 31.1 Å². The van der Waals surface area contributed by atoms with Crippen molar-refractivity contribution in [3.05, 3.63) is 277 Å². The monoisotopic (exact) mass is 1010 g/mol. The fraction of sp³-hybridized carbons (Fsp3) is 0.118. The number of fused-ring (bicyclic) bond motifs is 4. The summed E-state index contributed by atoms with van der Waals surface area (Å²) in [6.07, 6.45) is 0. The Morgan fingerprint density at radius 3 is 0.959 bits per heavy atom. The standard InChI is InChI=1S/C68H60O2Si3/c1-67(2)57-39-19-21-43-61(57)69-65-59(67)41-25-45-63(65)72(49-27-11-7-12-28-49,50-29-13-8-14-30-50)55-37-23-35-53(47-55)71(5,6)54-36-24-38-56(48-54)73(51-31-15-9-16-32-51,52-33-17-10-18-34-52)64-46-26-42-60-66(64)70-62-44-22-20-40-58(62)68(60,3)4/h7-48H,1-6H3/i1D3,2D3,3D3,4D3,5D3,6D3. The average molecular weight is 1010 g/mol. The van der Waals surface area contributed by atoms with Gasteiger partial charge in [0.05, 0.1) is 0 Å². The maximum atomic E-state index is 9.92. The van der Waals surface area contributed by atoms with E-state index in [9.17, 15) is 24.7 Å². The summed E-state index contributed by atoms with van der Waals surface area (Å²) in [7, 11) is -13.8. The van der Waals surface area contributed by atoms with Crippen LogP contribution in [0.25, 0.3) is 0 Å². The second kappa shape index (κ2) is 17.9. The lowest BCUT2D eigenvalue weighted by atomic mass is 9.76. The predicted octanol–water partition coefficient (Wildman–Crippen LogP) is 10.1. The number of para-hydroxylation sites is 4. The molecule has 0 radical (unpaired) electrons. The lowest BCUT2D eigenvalue weighted by molar-refractivity contribution is 0.421. The molecule has 0 saturated carbocycles. The summed E-state index contributed by atoms with van der Waals surface area (Å²) in [6.45, 7) is -19.3. The van der Waals surface area contributed by atoms with Gasteiger partial charge in [0.25, 0.3) is 0 Å². The Hall–Kier alpha value is -7.55. The molecule has 0 saturated heterocycles. The minimum absolute atomic E-state index is 0.00476. The molecule has 0 unspecified atom stereocenters. The second-order valence-corrected chi connectivity index (χ2v) is 29.1. The summed E-state index contributed by atoms with van der Waals surface area (Å²) in [6, 6.07) is 73.0. The van der Waals surface area contributed by atoms with Crippen molar-refractivity contribution in [2.45, 2.75) is 51.2 Å². The van der Waals surface area contributed by atoms with E-state index >= 15 is 0 Å². The zero-order valence-electron chi connectivity index (χ0n) is 57.6. The van der Waals surface area contributed by atoms with Crippen LogP contribution in [0.5, 0.6) is 23.0 Å². The fourth-order valence-corrected chi connectivity index (χ4v) is 23.4. The van der Waals surface area contributed by atoms with E-state index in [0.29, 0.717) is 41.5 Å². The van der Waals surface area contributed by atoms with Gasteiger partial charge < -0.3 is 9.47 Å². The van der Waals surface area contributed by atoms with Crippen LogP contribution in [0.3, 0.4) is 0 Å². The highest BCUT2D eigenvalue weighted by molar-refractivity contribution is 7.21. The lowest BCUT2D eigenvalue weighted by Crippen LogP contribution is -2.76. The van der Waals surface area contributed by atoms with Crippen molar-refractivity contribution >= 4 is 76.1 Å². The summed E-state index contributed by atoms with van der Waals surface area (Å²) in [5, 5.41) is 4.57. The largest absolute Gasteiger partial charge is 0.457 e. The second-order valence-electron chi connectivity index (χ2n) is 18.9. The first-order valence-corrected chi connectivity index (χ1v) is 30.2. The highest BCUT2D eigenvalue weighted by Crippen LogP contribution is 2.49. The van der Waals surface area contributed by atoms with Gasteiger partial charge in [-0.05, 0) is 53.6 Å². The molecule has 0 aromatic heterocycles. The minimum Gasteiger partial charge on any atom is -0.457 e. The topological polar surface area (TPSA) is 18.5 Å². The highest BCUT2D eigenvalue weighted by atomic mass is 28.3. The summed E-state index contributed by atoms with van der Waals surface area (Å²) in [5.74, 6) is 0.0375. The molecular formula is C68H60O2Si3. The van der Waals surface area contributed by atoms with E-state index in [-0.39, 0.29) is 55.6 Å². The van der Waals surface area contributed by atoms with E-state index in [1.807, 2.05) is 133 Å². The smallest absolute Gasteiger partial charge is 0.183 e. The Kier molecular flexibility index (Phi) is 7.47. The molecule has 356 valence electrons. The fourth-order valence-electron chi connectivity index (χ4n) is 11.5. The van der Waals surface area contributed by atoms with Crippen LogP contribution in [0, 0.1) is 0 Å².